The van der Waals surface area contributed by atoms with Crippen LogP contribution in [0.4, 0.5) is 5.69 Å². The lowest BCUT2D eigenvalue weighted by molar-refractivity contribution is -0.118. The summed E-state index contributed by atoms with van der Waals surface area (Å²) in [5, 5.41) is 2.78. The van der Waals surface area contributed by atoms with E-state index in [1.165, 1.54) is 38.4 Å². The molecule has 25 heavy (non-hydrogen) atoms. The van der Waals surface area contributed by atoms with Crippen molar-refractivity contribution in [3.8, 4) is 5.75 Å². The van der Waals surface area contributed by atoms with Gasteiger partial charge in [-0.3, -0.25) is 4.79 Å². The van der Waals surface area contributed by atoms with E-state index in [9.17, 15) is 13.2 Å². The number of carbonyl (C=O) groups is 1. The summed E-state index contributed by atoms with van der Waals surface area (Å²) in [4.78, 5) is 12.2. The van der Waals surface area contributed by atoms with Crippen molar-refractivity contribution in [2.75, 3.05) is 26.0 Å². The second-order valence-corrected chi connectivity index (χ2v) is 8.12. The van der Waals surface area contributed by atoms with E-state index >= 15 is 0 Å². The van der Waals surface area contributed by atoms with Crippen molar-refractivity contribution in [2.24, 2.45) is 0 Å². The van der Waals surface area contributed by atoms with Crippen LogP contribution in [0.5, 0.6) is 5.75 Å². The third-order valence-corrected chi connectivity index (χ3v) is 5.31. The molecule has 0 fully saturated rings. The van der Waals surface area contributed by atoms with E-state index in [1.54, 1.807) is 0 Å². The molecule has 7 heteroatoms. The first-order chi connectivity index (χ1) is 11.7. The first kappa shape index (κ1) is 19.0. The molecule has 1 N–H and O–H groups in total. The van der Waals surface area contributed by atoms with Gasteiger partial charge in [0.2, 0.25) is 10.0 Å². The summed E-state index contributed by atoms with van der Waals surface area (Å²) in [6, 6.07) is 11.7. The Hall–Kier alpha value is -2.38. The largest absolute Gasteiger partial charge is 0.484 e. The van der Waals surface area contributed by atoms with Crippen molar-refractivity contribution in [1.29, 1.82) is 0 Å². The quantitative estimate of drug-likeness (QED) is 0.857. The molecule has 0 atom stereocenters. The second kappa shape index (κ2) is 7.67. The molecule has 0 aliphatic carbocycles. The Balaban J connectivity index is 1.96. The summed E-state index contributed by atoms with van der Waals surface area (Å²) in [7, 11) is -0.537. The summed E-state index contributed by atoms with van der Waals surface area (Å²) in [6.45, 7) is 3.76. The molecule has 0 saturated heterocycles. The second-order valence-electron chi connectivity index (χ2n) is 5.97. The number of amides is 1. The summed E-state index contributed by atoms with van der Waals surface area (Å²) in [6.07, 6.45) is 0. The highest BCUT2D eigenvalue weighted by molar-refractivity contribution is 7.89. The van der Waals surface area contributed by atoms with Crippen LogP contribution in [0.1, 0.15) is 11.1 Å². The lowest BCUT2D eigenvalue weighted by Gasteiger charge is -2.12. The number of rotatable bonds is 6. The number of hydrogen-bond acceptors (Lipinski definition) is 4. The zero-order chi connectivity index (χ0) is 18.6. The number of anilines is 1. The van der Waals surface area contributed by atoms with Crippen molar-refractivity contribution < 1.29 is 17.9 Å². The van der Waals surface area contributed by atoms with E-state index in [1.807, 2.05) is 32.0 Å². The van der Waals surface area contributed by atoms with E-state index < -0.39 is 10.0 Å². The molecule has 0 saturated carbocycles. The van der Waals surface area contributed by atoms with Gasteiger partial charge in [-0.25, -0.2) is 12.7 Å². The zero-order valence-electron chi connectivity index (χ0n) is 14.7. The van der Waals surface area contributed by atoms with Gasteiger partial charge in [-0.05, 0) is 61.4 Å². The molecule has 0 radical (unpaired) electrons. The number of sulfonamides is 1. The maximum absolute atomic E-state index is 12.0. The fraction of sp³-hybridized carbons (Fsp3) is 0.278. The number of nitrogens with zero attached hydrogens (tertiary/aromatic N) is 1. The van der Waals surface area contributed by atoms with Crippen molar-refractivity contribution in [2.45, 2.75) is 18.7 Å². The Labute approximate surface area is 148 Å². The molecule has 2 aromatic rings. The molecule has 6 nitrogen and oxygen atoms in total. The van der Waals surface area contributed by atoms with Gasteiger partial charge in [-0.1, -0.05) is 6.07 Å². The van der Waals surface area contributed by atoms with Crippen LogP contribution in [-0.2, 0) is 14.8 Å². The van der Waals surface area contributed by atoms with Gasteiger partial charge in [-0.15, -0.1) is 0 Å². The monoisotopic (exact) mass is 362 g/mol. The predicted molar refractivity (Wildman–Crippen MR) is 97.4 cm³/mol. The van der Waals surface area contributed by atoms with Gasteiger partial charge >= 0.3 is 0 Å². The van der Waals surface area contributed by atoms with Gasteiger partial charge in [0.15, 0.2) is 6.61 Å². The fourth-order valence-corrected chi connectivity index (χ4v) is 3.21. The average molecular weight is 362 g/mol. The summed E-state index contributed by atoms with van der Waals surface area (Å²) in [5.41, 5.74) is 2.85. The number of benzene rings is 2. The minimum Gasteiger partial charge on any atom is -0.484 e. The smallest absolute Gasteiger partial charge is 0.262 e. The van der Waals surface area contributed by atoms with Crippen LogP contribution in [-0.4, -0.2) is 39.3 Å². The maximum Gasteiger partial charge on any atom is 0.262 e. The number of nitrogens with one attached hydrogen (secondary N) is 1. The Morgan fingerprint density at radius 2 is 1.60 bits per heavy atom. The Morgan fingerprint density at radius 1 is 1.04 bits per heavy atom. The number of aryl methyl sites for hydroxylation is 2. The molecule has 0 aliphatic heterocycles. The average Bonchev–Trinajstić information content (AvgIpc) is 2.52. The highest BCUT2D eigenvalue weighted by atomic mass is 32.2. The minimum absolute atomic E-state index is 0.160. The molecule has 1 amide bonds. The van der Waals surface area contributed by atoms with Gasteiger partial charge in [-0.2, -0.15) is 0 Å². The molecule has 2 rings (SSSR count). The number of hydrogen-bond donors (Lipinski definition) is 1. The van der Waals surface area contributed by atoms with E-state index in [0.717, 1.165) is 21.1 Å². The summed E-state index contributed by atoms with van der Waals surface area (Å²) < 4.78 is 30.5. The molecule has 0 aromatic heterocycles. The van der Waals surface area contributed by atoms with Crippen LogP contribution in [0.25, 0.3) is 0 Å². The molecular formula is C18H22N2O4S. The molecular weight excluding hydrogens is 340 g/mol. The van der Waals surface area contributed by atoms with Crippen LogP contribution in [0.15, 0.2) is 47.4 Å². The van der Waals surface area contributed by atoms with Crippen LogP contribution >= 0.6 is 0 Å². The Morgan fingerprint density at radius 3 is 2.12 bits per heavy atom. The van der Waals surface area contributed by atoms with Crippen molar-refractivity contribution in [3.63, 3.8) is 0 Å². The predicted octanol–water partition coefficient (Wildman–Crippen LogP) is 2.57. The highest BCUT2D eigenvalue weighted by Crippen LogP contribution is 2.18. The van der Waals surface area contributed by atoms with Crippen molar-refractivity contribution in [1.82, 2.24) is 4.31 Å². The zero-order valence-corrected chi connectivity index (χ0v) is 15.6. The molecule has 0 spiro atoms. The first-order valence-corrected chi connectivity index (χ1v) is 9.16. The molecule has 0 aliphatic rings. The highest BCUT2D eigenvalue weighted by Gasteiger charge is 2.16. The molecule has 0 unspecified atom stereocenters. The molecule has 2 aromatic carbocycles. The lowest BCUT2D eigenvalue weighted by Crippen LogP contribution is -2.22. The SMILES string of the molecule is Cc1cc(C)cc(NC(=O)COc2ccc(S(=O)(=O)N(C)C)cc2)c1. The van der Waals surface area contributed by atoms with Crippen LogP contribution < -0.4 is 10.1 Å². The third kappa shape index (κ3) is 5.04. The third-order valence-electron chi connectivity index (χ3n) is 3.48. The van der Waals surface area contributed by atoms with Gasteiger partial charge in [0.25, 0.3) is 5.91 Å². The summed E-state index contributed by atoms with van der Waals surface area (Å²) >= 11 is 0. The Kier molecular flexibility index (Phi) is 5.81. The van der Waals surface area contributed by atoms with Gasteiger partial charge in [0, 0.05) is 19.8 Å². The van der Waals surface area contributed by atoms with Crippen LogP contribution in [0, 0.1) is 13.8 Å². The van der Waals surface area contributed by atoms with Crippen molar-refractivity contribution >= 4 is 21.6 Å². The normalized spacial score (nSPS) is 11.4. The van der Waals surface area contributed by atoms with E-state index in [2.05, 4.69) is 5.32 Å². The molecule has 134 valence electrons. The minimum atomic E-state index is -3.48. The first-order valence-electron chi connectivity index (χ1n) is 7.72. The Bertz CT molecular complexity index is 839. The number of carbonyl (C=O) groups excluding carboxylic acids is 1. The maximum atomic E-state index is 12.0. The molecule has 0 bridgehead atoms. The van der Waals surface area contributed by atoms with Gasteiger partial charge in [0.1, 0.15) is 5.75 Å². The van der Waals surface area contributed by atoms with E-state index in [4.69, 9.17) is 4.74 Å². The van der Waals surface area contributed by atoms with Crippen molar-refractivity contribution in [3.05, 3.63) is 53.6 Å². The van der Waals surface area contributed by atoms with Gasteiger partial charge in [0.05, 0.1) is 4.90 Å². The lowest BCUT2D eigenvalue weighted by atomic mass is 10.1. The van der Waals surface area contributed by atoms with Gasteiger partial charge < -0.3 is 10.1 Å². The standard InChI is InChI=1S/C18H22N2O4S/c1-13-9-14(2)11-15(10-13)19-18(21)12-24-16-5-7-17(8-6-16)25(22,23)20(3)4/h5-11H,12H2,1-4H3,(H,19,21). The fourth-order valence-electron chi connectivity index (χ4n) is 2.31. The van der Waals surface area contributed by atoms with E-state index in [-0.39, 0.29) is 17.4 Å². The van der Waals surface area contributed by atoms with Crippen LogP contribution in [0.3, 0.4) is 0 Å². The number of ether oxygens (including phenoxy) is 1. The molecule has 0 heterocycles. The van der Waals surface area contributed by atoms with Crippen LogP contribution in [0.2, 0.25) is 0 Å². The summed E-state index contributed by atoms with van der Waals surface area (Å²) in [5.74, 6) is 0.142. The van der Waals surface area contributed by atoms with E-state index in [0.29, 0.717) is 5.75 Å². The topological polar surface area (TPSA) is 75.7 Å².